The molecule has 2 atom stereocenters. The van der Waals surface area contributed by atoms with Gasteiger partial charge >= 0.3 is 6.18 Å². The molecule has 0 bridgehead atoms. The monoisotopic (exact) mass is 415 g/mol. The van der Waals surface area contributed by atoms with E-state index in [9.17, 15) is 23.1 Å². The summed E-state index contributed by atoms with van der Waals surface area (Å²) in [7, 11) is 0. The van der Waals surface area contributed by atoms with E-state index in [1.165, 1.54) is 0 Å². The van der Waals surface area contributed by atoms with Crippen molar-refractivity contribution in [2.24, 2.45) is 0 Å². The number of aliphatic hydroxyl groups is 1. The second-order valence-corrected chi connectivity index (χ2v) is 7.38. The lowest BCUT2D eigenvalue weighted by Crippen LogP contribution is -2.44. The zero-order valence-corrected chi connectivity index (χ0v) is 15.3. The molecule has 0 unspecified atom stereocenters. The zero-order chi connectivity index (χ0) is 20.1. The Morgan fingerprint density at radius 1 is 1.25 bits per heavy atom. The number of nitrogens with one attached hydrogen (secondary N) is 2. The first kappa shape index (κ1) is 19.0. The number of fused-ring (bicyclic) bond motifs is 1. The van der Waals surface area contributed by atoms with Crippen LogP contribution in [0.25, 0.3) is 0 Å². The molecule has 0 aromatic carbocycles. The van der Waals surface area contributed by atoms with E-state index in [0.29, 0.717) is 31.0 Å². The summed E-state index contributed by atoms with van der Waals surface area (Å²) in [6, 6.07) is 3.53. The normalized spacial score (nSPS) is 23.5. The molecule has 2 aliphatic rings. The third-order valence-corrected chi connectivity index (χ3v) is 5.47. The Kier molecular flexibility index (Phi) is 4.70. The van der Waals surface area contributed by atoms with Gasteiger partial charge in [0.05, 0.1) is 10.7 Å². The number of rotatable bonds is 2. The van der Waals surface area contributed by atoms with Crippen molar-refractivity contribution in [1.29, 1.82) is 0 Å². The lowest BCUT2D eigenvalue weighted by atomic mass is 9.83. The number of H-pyrrole nitrogens is 1. The summed E-state index contributed by atoms with van der Waals surface area (Å²) in [6.07, 6.45) is -4.28. The summed E-state index contributed by atoms with van der Waals surface area (Å²) in [4.78, 5) is 18.0. The Hall–Kier alpha value is -2.33. The number of alkyl halides is 3. The number of nitrogens with zero attached hydrogens (tertiary/aromatic N) is 3. The number of halogens is 4. The molecular formula is C17H17ClF3N5O2. The van der Waals surface area contributed by atoms with Gasteiger partial charge in [0, 0.05) is 30.8 Å². The Bertz CT molecular complexity index is 878. The van der Waals surface area contributed by atoms with Crippen LogP contribution in [0.1, 0.15) is 35.9 Å². The highest BCUT2D eigenvalue weighted by atomic mass is 35.5. The van der Waals surface area contributed by atoms with Gasteiger partial charge in [-0.05, 0) is 25.0 Å². The van der Waals surface area contributed by atoms with Gasteiger partial charge in [-0.3, -0.25) is 9.89 Å². The molecule has 0 saturated carbocycles. The first-order chi connectivity index (χ1) is 13.3. The molecular weight excluding hydrogens is 399 g/mol. The van der Waals surface area contributed by atoms with Gasteiger partial charge in [0.2, 0.25) is 0 Å². The van der Waals surface area contributed by atoms with Crippen molar-refractivity contribution in [1.82, 2.24) is 15.2 Å². The number of aromatic nitrogens is 3. The SMILES string of the molecule is O=C1Nc2[nH]nc(C3CCN(c4ccc(Cl)cn4)CC3)c2[C@@H](C(F)(F)F)[C@H]1O. The topological polar surface area (TPSA) is 94.1 Å². The summed E-state index contributed by atoms with van der Waals surface area (Å²) >= 11 is 5.85. The fourth-order valence-corrected chi connectivity index (χ4v) is 3.98. The van der Waals surface area contributed by atoms with E-state index in [1.807, 2.05) is 4.90 Å². The number of amides is 1. The van der Waals surface area contributed by atoms with Gasteiger partial charge in [0.25, 0.3) is 5.91 Å². The minimum absolute atomic E-state index is 0.0885. The lowest BCUT2D eigenvalue weighted by Gasteiger charge is -2.34. The fourth-order valence-electron chi connectivity index (χ4n) is 3.87. The molecule has 1 saturated heterocycles. The van der Waals surface area contributed by atoms with E-state index in [0.717, 1.165) is 5.82 Å². The molecule has 150 valence electrons. The molecule has 4 heterocycles. The minimum atomic E-state index is -4.77. The second kappa shape index (κ2) is 6.93. The van der Waals surface area contributed by atoms with Crippen LogP contribution in [0.3, 0.4) is 0 Å². The molecule has 11 heteroatoms. The smallest absolute Gasteiger partial charge is 0.382 e. The van der Waals surface area contributed by atoms with Gasteiger partial charge in [-0.2, -0.15) is 18.3 Å². The summed E-state index contributed by atoms with van der Waals surface area (Å²) < 4.78 is 40.7. The molecule has 2 aromatic rings. The van der Waals surface area contributed by atoms with Crippen LogP contribution in [0.5, 0.6) is 0 Å². The van der Waals surface area contributed by atoms with Crippen LogP contribution < -0.4 is 10.2 Å². The number of anilines is 2. The van der Waals surface area contributed by atoms with E-state index in [4.69, 9.17) is 11.6 Å². The Morgan fingerprint density at radius 3 is 2.57 bits per heavy atom. The third-order valence-electron chi connectivity index (χ3n) is 5.25. The summed E-state index contributed by atoms with van der Waals surface area (Å²) in [5.41, 5.74) is 0.0859. The van der Waals surface area contributed by atoms with Gasteiger partial charge in [-0.15, -0.1) is 0 Å². The van der Waals surface area contributed by atoms with Crippen LogP contribution in [0.4, 0.5) is 24.8 Å². The van der Waals surface area contributed by atoms with E-state index in [-0.39, 0.29) is 23.0 Å². The quantitative estimate of drug-likeness (QED) is 0.701. The molecule has 4 rings (SSSR count). The Balaban J connectivity index is 1.57. The average Bonchev–Trinajstić information content (AvgIpc) is 3.05. The predicted molar refractivity (Wildman–Crippen MR) is 95.5 cm³/mol. The first-order valence-corrected chi connectivity index (χ1v) is 9.14. The van der Waals surface area contributed by atoms with Crippen molar-refractivity contribution in [3.05, 3.63) is 34.6 Å². The highest BCUT2D eigenvalue weighted by molar-refractivity contribution is 6.30. The molecule has 1 fully saturated rings. The summed E-state index contributed by atoms with van der Waals surface area (Å²) in [5, 5.41) is 19.2. The number of carbonyl (C=O) groups is 1. The Morgan fingerprint density at radius 2 is 1.96 bits per heavy atom. The number of aromatic amines is 1. The summed E-state index contributed by atoms with van der Waals surface area (Å²) in [6.45, 7) is 1.18. The number of carbonyl (C=O) groups excluding carboxylic acids is 1. The van der Waals surface area contributed by atoms with Crippen molar-refractivity contribution in [3.63, 3.8) is 0 Å². The van der Waals surface area contributed by atoms with Crippen LogP contribution in [0.15, 0.2) is 18.3 Å². The lowest BCUT2D eigenvalue weighted by molar-refractivity contribution is -0.177. The van der Waals surface area contributed by atoms with Gasteiger partial charge < -0.3 is 15.3 Å². The summed E-state index contributed by atoms with van der Waals surface area (Å²) in [5.74, 6) is -2.94. The Labute approximate surface area is 162 Å². The second-order valence-electron chi connectivity index (χ2n) is 6.95. The fraction of sp³-hybridized carbons (Fsp3) is 0.471. The molecule has 0 radical (unpaired) electrons. The van der Waals surface area contributed by atoms with Crippen molar-refractivity contribution in [3.8, 4) is 0 Å². The van der Waals surface area contributed by atoms with Crippen LogP contribution in [0, 0.1) is 0 Å². The van der Waals surface area contributed by atoms with Gasteiger partial charge in [0.1, 0.15) is 23.7 Å². The molecule has 1 amide bonds. The molecule has 0 aliphatic carbocycles. The van der Waals surface area contributed by atoms with E-state index < -0.39 is 24.1 Å². The van der Waals surface area contributed by atoms with Crippen molar-refractivity contribution < 1.29 is 23.1 Å². The first-order valence-electron chi connectivity index (χ1n) is 8.76. The number of aliphatic hydroxyl groups excluding tert-OH is 1. The molecule has 3 N–H and O–H groups in total. The third kappa shape index (κ3) is 3.30. The minimum Gasteiger partial charge on any atom is -0.382 e. The predicted octanol–water partition coefficient (Wildman–Crippen LogP) is 2.80. The van der Waals surface area contributed by atoms with Crippen molar-refractivity contribution in [2.75, 3.05) is 23.3 Å². The van der Waals surface area contributed by atoms with E-state index >= 15 is 0 Å². The van der Waals surface area contributed by atoms with Crippen LogP contribution in [-0.2, 0) is 4.79 Å². The van der Waals surface area contributed by atoms with Crippen molar-refractivity contribution in [2.45, 2.75) is 37.0 Å². The maximum absolute atomic E-state index is 13.6. The highest BCUT2D eigenvalue weighted by Gasteiger charge is 2.53. The van der Waals surface area contributed by atoms with Gasteiger partial charge in [-0.1, -0.05) is 11.6 Å². The van der Waals surface area contributed by atoms with Crippen molar-refractivity contribution >= 4 is 29.1 Å². The van der Waals surface area contributed by atoms with E-state index in [2.05, 4.69) is 20.5 Å². The van der Waals surface area contributed by atoms with Crippen LogP contribution in [-0.4, -0.2) is 51.6 Å². The molecule has 0 spiro atoms. The van der Waals surface area contributed by atoms with Gasteiger partial charge in [0.15, 0.2) is 0 Å². The number of piperidine rings is 1. The molecule has 2 aromatic heterocycles. The largest absolute Gasteiger partial charge is 0.398 e. The highest BCUT2D eigenvalue weighted by Crippen LogP contribution is 2.47. The average molecular weight is 416 g/mol. The van der Waals surface area contributed by atoms with E-state index in [1.54, 1.807) is 18.3 Å². The van der Waals surface area contributed by atoms with Crippen LogP contribution in [0.2, 0.25) is 5.02 Å². The zero-order valence-electron chi connectivity index (χ0n) is 14.5. The maximum Gasteiger partial charge on any atom is 0.398 e. The molecule has 2 aliphatic heterocycles. The standard InChI is InChI=1S/C17H17ClF3N5O2/c18-9-1-2-10(22-7-9)26-5-3-8(4-6-26)13-11-12(17(19,20)21)14(27)16(28)23-15(11)25-24-13/h1-2,7-8,12,14,27H,3-6H2,(H2,23,24,25,28)/t12-,14-/m1/s1. The van der Waals surface area contributed by atoms with Crippen LogP contribution >= 0.6 is 11.6 Å². The number of pyridine rings is 1. The maximum atomic E-state index is 13.6. The number of hydrogen-bond donors (Lipinski definition) is 3. The molecule has 28 heavy (non-hydrogen) atoms. The van der Waals surface area contributed by atoms with Gasteiger partial charge in [-0.25, -0.2) is 4.98 Å². The molecule has 7 nitrogen and oxygen atoms in total. The number of hydrogen-bond acceptors (Lipinski definition) is 5.